The van der Waals surface area contributed by atoms with Crippen molar-refractivity contribution in [3.63, 3.8) is 0 Å². The van der Waals surface area contributed by atoms with Crippen LogP contribution in [0.4, 0.5) is 0 Å². The number of hydrogen-bond donors (Lipinski definition) is 2. The zero-order valence-corrected chi connectivity index (χ0v) is 12.5. The van der Waals surface area contributed by atoms with Crippen molar-refractivity contribution in [1.82, 2.24) is 10.3 Å². The van der Waals surface area contributed by atoms with Crippen LogP contribution >= 0.6 is 22.7 Å². The molecule has 2 heterocycles. The van der Waals surface area contributed by atoms with Crippen LogP contribution in [0, 0.1) is 0 Å². The molecule has 0 aliphatic carbocycles. The fraction of sp³-hybridized carbons (Fsp3) is 0.364. The van der Waals surface area contributed by atoms with E-state index < -0.39 is 15.9 Å². The molecule has 2 N–H and O–H groups in total. The highest BCUT2D eigenvalue weighted by Crippen LogP contribution is 2.18. The lowest BCUT2D eigenvalue weighted by atomic mass is 10.4. The molecule has 5 nitrogen and oxygen atoms in total. The van der Waals surface area contributed by atoms with Crippen LogP contribution in [-0.2, 0) is 16.4 Å². The van der Waals surface area contributed by atoms with Crippen molar-refractivity contribution in [2.45, 2.75) is 16.9 Å². The Labute approximate surface area is 119 Å². The summed E-state index contributed by atoms with van der Waals surface area (Å²) in [5.74, 6) is -0.261. The van der Waals surface area contributed by atoms with E-state index >= 15 is 0 Å². The van der Waals surface area contributed by atoms with Crippen LogP contribution in [0.3, 0.4) is 0 Å². The van der Waals surface area contributed by atoms with Crippen LogP contribution in [0.15, 0.2) is 33.4 Å². The smallest absolute Gasteiger partial charge is 0.190 e. The Bertz CT molecular complexity index is 579. The molecular weight excluding hydrogens is 304 g/mol. The number of aromatic nitrogens is 1. The van der Waals surface area contributed by atoms with Crippen molar-refractivity contribution in [3.8, 4) is 0 Å². The standard InChI is InChI=1S/C11H14N2O3S3/c14-9(4-12-5-10-6-13-8-18-10)7-19(15,16)11-2-1-3-17-11/h1-3,6,8-9,12,14H,4-5,7H2. The van der Waals surface area contributed by atoms with Crippen molar-refractivity contribution in [2.75, 3.05) is 12.3 Å². The topological polar surface area (TPSA) is 79.3 Å². The molecule has 1 atom stereocenters. The van der Waals surface area contributed by atoms with E-state index in [0.717, 1.165) is 4.88 Å². The Morgan fingerprint density at radius 1 is 1.42 bits per heavy atom. The predicted molar refractivity (Wildman–Crippen MR) is 76.2 cm³/mol. The molecule has 0 bridgehead atoms. The third kappa shape index (κ3) is 4.36. The molecule has 104 valence electrons. The van der Waals surface area contributed by atoms with Crippen molar-refractivity contribution in [3.05, 3.63) is 34.1 Å². The molecule has 0 saturated carbocycles. The van der Waals surface area contributed by atoms with Crippen LogP contribution in [0.2, 0.25) is 0 Å². The number of sulfone groups is 1. The lowest BCUT2D eigenvalue weighted by Crippen LogP contribution is -2.32. The van der Waals surface area contributed by atoms with Crippen LogP contribution in [0.25, 0.3) is 0 Å². The first-order valence-electron chi connectivity index (χ1n) is 5.60. The SMILES string of the molecule is O=S(=O)(CC(O)CNCc1cncs1)c1cccs1. The van der Waals surface area contributed by atoms with Gasteiger partial charge in [0.1, 0.15) is 4.21 Å². The molecule has 0 aliphatic rings. The molecule has 0 saturated heterocycles. The monoisotopic (exact) mass is 318 g/mol. The first kappa shape index (κ1) is 14.6. The summed E-state index contributed by atoms with van der Waals surface area (Å²) in [6, 6.07) is 3.24. The molecule has 1 unspecified atom stereocenters. The van der Waals surface area contributed by atoms with Gasteiger partial charge in [-0.25, -0.2) is 8.42 Å². The summed E-state index contributed by atoms with van der Waals surface area (Å²) in [6.07, 6.45) is 0.826. The summed E-state index contributed by atoms with van der Waals surface area (Å²) in [5, 5.41) is 14.5. The lowest BCUT2D eigenvalue weighted by molar-refractivity contribution is 0.193. The van der Waals surface area contributed by atoms with E-state index in [4.69, 9.17) is 0 Å². The lowest BCUT2D eigenvalue weighted by Gasteiger charge is -2.11. The van der Waals surface area contributed by atoms with Crippen LogP contribution in [0.1, 0.15) is 4.88 Å². The van der Waals surface area contributed by atoms with Crippen molar-refractivity contribution >= 4 is 32.5 Å². The summed E-state index contributed by atoms with van der Waals surface area (Å²) in [5.41, 5.74) is 1.73. The van der Waals surface area contributed by atoms with E-state index in [-0.39, 0.29) is 12.3 Å². The molecule has 0 amide bonds. The summed E-state index contributed by atoms with van der Waals surface area (Å²) >= 11 is 2.68. The summed E-state index contributed by atoms with van der Waals surface area (Å²) in [7, 11) is -3.38. The van der Waals surface area contributed by atoms with Gasteiger partial charge in [0.15, 0.2) is 9.84 Å². The summed E-state index contributed by atoms with van der Waals surface area (Å²) in [6.45, 7) is 0.823. The largest absolute Gasteiger partial charge is 0.391 e. The zero-order chi connectivity index (χ0) is 13.7. The predicted octanol–water partition coefficient (Wildman–Crippen LogP) is 1.13. The molecule has 0 fully saturated rings. The van der Waals surface area contributed by atoms with E-state index in [1.807, 2.05) is 0 Å². The van der Waals surface area contributed by atoms with Gasteiger partial charge in [0.2, 0.25) is 0 Å². The minimum Gasteiger partial charge on any atom is -0.391 e. The molecule has 0 spiro atoms. The molecule has 0 aliphatic heterocycles. The highest BCUT2D eigenvalue weighted by Gasteiger charge is 2.20. The van der Waals surface area contributed by atoms with Crippen LogP contribution < -0.4 is 5.32 Å². The van der Waals surface area contributed by atoms with Crippen LogP contribution in [-0.4, -0.2) is 36.9 Å². The maximum atomic E-state index is 11.9. The molecule has 2 aromatic heterocycles. The highest BCUT2D eigenvalue weighted by atomic mass is 32.2. The Kier molecular flexibility index (Phi) is 5.06. The minimum atomic E-state index is -3.38. The molecule has 2 rings (SSSR count). The Balaban J connectivity index is 1.79. The molecule has 0 radical (unpaired) electrons. The Morgan fingerprint density at radius 3 is 2.89 bits per heavy atom. The number of hydrogen-bond acceptors (Lipinski definition) is 7. The second-order valence-corrected chi connectivity index (χ2v) is 8.15. The number of thiophene rings is 1. The van der Waals surface area contributed by atoms with Gasteiger partial charge in [-0.15, -0.1) is 22.7 Å². The van der Waals surface area contributed by atoms with Gasteiger partial charge in [-0.3, -0.25) is 4.98 Å². The fourth-order valence-corrected chi connectivity index (χ4v) is 4.57. The third-order valence-electron chi connectivity index (χ3n) is 2.38. The van der Waals surface area contributed by atoms with E-state index in [2.05, 4.69) is 10.3 Å². The van der Waals surface area contributed by atoms with Gasteiger partial charge in [0.05, 0.1) is 17.4 Å². The van der Waals surface area contributed by atoms with Gasteiger partial charge < -0.3 is 10.4 Å². The number of rotatable bonds is 7. The van der Waals surface area contributed by atoms with Gasteiger partial charge in [-0.1, -0.05) is 6.07 Å². The summed E-state index contributed by atoms with van der Waals surface area (Å²) < 4.78 is 24.1. The molecule has 2 aromatic rings. The van der Waals surface area contributed by atoms with Crippen molar-refractivity contribution in [2.24, 2.45) is 0 Å². The first-order chi connectivity index (χ1) is 9.08. The average molecular weight is 318 g/mol. The molecule has 8 heteroatoms. The number of nitrogens with zero attached hydrogens (tertiary/aromatic N) is 1. The van der Waals surface area contributed by atoms with Gasteiger partial charge in [0.25, 0.3) is 0 Å². The number of nitrogens with one attached hydrogen (secondary N) is 1. The van der Waals surface area contributed by atoms with E-state index in [1.165, 1.54) is 22.7 Å². The molecule has 19 heavy (non-hydrogen) atoms. The Morgan fingerprint density at radius 2 is 2.26 bits per heavy atom. The maximum absolute atomic E-state index is 11.9. The quantitative estimate of drug-likeness (QED) is 0.800. The number of aliphatic hydroxyl groups is 1. The summed E-state index contributed by atoms with van der Waals surface area (Å²) in [4.78, 5) is 4.98. The fourth-order valence-electron chi connectivity index (χ4n) is 1.53. The van der Waals surface area contributed by atoms with Crippen molar-refractivity contribution in [1.29, 1.82) is 0 Å². The molecule has 0 aromatic carbocycles. The minimum absolute atomic E-state index is 0.239. The molecular formula is C11H14N2O3S3. The van der Waals surface area contributed by atoms with Crippen molar-refractivity contribution < 1.29 is 13.5 Å². The van der Waals surface area contributed by atoms with E-state index in [1.54, 1.807) is 29.2 Å². The highest BCUT2D eigenvalue weighted by molar-refractivity contribution is 7.93. The van der Waals surface area contributed by atoms with Gasteiger partial charge in [-0.2, -0.15) is 0 Å². The van der Waals surface area contributed by atoms with Gasteiger partial charge >= 0.3 is 0 Å². The van der Waals surface area contributed by atoms with Gasteiger partial charge in [-0.05, 0) is 11.4 Å². The second kappa shape index (κ2) is 6.58. The number of thiazole rings is 1. The van der Waals surface area contributed by atoms with E-state index in [9.17, 15) is 13.5 Å². The zero-order valence-electron chi connectivity index (χ0n) is 10.0. The third-order valence-corrected chi connectivity index (χ3v) is 6.44. The van der Waals surface area contributed by atoms with E-state index in [0.29, 0.717) is 10.8 Å². The maximum Gasteiger partial charge on any atom is 0.190 e. The van der Waals surface area contributed by atoms with Crippen LogP contribution in [0.5, 0.6) is 0 Å². The average Bonchev–Trinajstić information content (AvgIpc) is 3.01. The van der Waals surface area contributed by atoms with Gasteiger partial charge in [0, 0.05) is 24.2 Å². The Hall–Kier alpha value is -0.800. The normalized spacial score (nSPS) is 13.5. The first-order valence-corrected chi connectivity index (χ1v) is 9.01. The second-order valence-electron chi connectivity index (χ2n) is 3.97. The number of aliphatic hydroxyl groups excluding tert-OH is 1.